The van der Waals surface area contributed by atoms with Gasteiger partial charge >= 0.3 is 0 Å². The smallest absolute Gasteiger partial charge is 0.272 e. The molecule has 1 amide bonds. The molecule has 1 aromatic heterocycles. The van der Waals surface area contributed by atoms with Crippen LogP contribution in [0.2, 0.25) is 0 Å². The van der Waals surface area contributed by atoms with E-state index in [0.717, 1.165) is 0 Å². The molecule has 3 aromatic rings. The maximum absolute atomic E-state index is 13.9. The SMILES string of the molecule is C/C(=N\NC(=O)c1cccnc1)C1=C(O)[C@@]2(O)C(=O)c3c(c(C)c4ccc(C)c(O)c4c3O)C[C@H]2[C@@H](N)C1=O. The van der Waals surface area contributed by atoms with Gasteiger partial charge in [-0.15, -0.1) is 0 Å². The molecule has 39 heavy (non-hydrogen) atoms. The van der Waals surface area contributed by atoms with Crippen LogP contribution in [0, 0.1) is 19.8 Å². The van der Waals surface area contributed by atoms with Crippen molar-refractivity contribution in [2.24, 2.45) is 16.8 Å². The molecule has 3 atom stereocenters. The van der Waals surface area contributed by atoms with Gasteiger partial charge in [0.1, 0.15) is 17.3 Å². The van der Waals surface area contributed by atoms with Gasteiger partial charge in [-0.3, -0.25) is 19.4 Å². The van der Waals surface area contributed by atoms with Crippen LogP contribution in [0.5, 0.6) is 11.5 Å². The van der Waals surface area contributed by atoms with Crippen molar-refractivity contribution in [2.45, 2.75) is 38.8 Å². The van der Waals surface area contributed by atoms with E-state index in [9.17, 15) is 34.8 Å². The Labute approximate surface area is 222 Å². The highest BCUT2D eigenvalue weighted by Gasteiger charge is 2.60. The number of Topliss-reactive ketones (excluding diaryl/α,β-unsaturated/α-hetero) is 2. The standard InChI is InChI=1S/C28H26N4O7/c1-11-6-7-15-12(2)16-9-17-21(29)24(35)18(13(3)31-32-27(38)14-5-4-8-30-10-14)25(36)28(17,39)26(37)20(16)23(34)19(15)22(11)33/h4-8,10,17,21,33-34,36,39H,9,29H2,1-3H3,(H,32,38)/b31-13+/t17-,21+,28+/m0/s1. The molecule has 0 aliphatic heterocycles. The van der Waals surface area contributed by atoms with Crippen molar-refractivity contribution in [2.75, 3.05) is 0 Å². The number of hydrazone groups is 1. The zero-order valence-corrected chi connectivity index (χ0v) is 21.3. The largest absolute Gasteiger partial charge is 0.508 e. The first-order valence-corrected chi connectivity index (χ1v) is 12.1. The normalized spacial score (nSPS) is 23.1. The molecule has 0 saturated heterocycles. The number of phenolic OH excluding ortho intramolecular Hbond substituents is 2. The van der Waals surface area contributed by atoms with E-state index in [-0.39, 0.29) is 34.4 Å². The number of rotatable bonds is 3. The number of aromatic hydroxyl groups is 2. The number of carbonyl (C=O) groups excluding carboxylic acids is 3. The Morgan fingerprint density at radius 1 is 1.15 bits per heavy atom. The number of amides is 1. The first-order valence-electron chi connectivity index (χ1n) is 12.1. The molecule has 200 valence electrons. The number of nitrogens with one attached hydrogen (secondary N) is 1. The summed E-state index contributed by atoms with van der Waals surface area (Å²) in [5.74, 6) is -5.47. The maximum Gasteiger partial charge on any atom is 0.272 e. The Bertz CT molecular complexity index is 1660. The van der Waals surface area contributed by atoms with Crippen LogP contribution < -0.4 is 11.2 Å². The van der Waals surface area contributed by atoms with Crippen molar-refractivity contribution in [1.29, 1.82) is 0 Å². The van der Waals surface area contributed by atoms with Crippen LogP contribution in [-0.2, 0) is 11.2 Å². The van der Waals surface area contributed by atoms with Gasteiger partial charge in [-0.25, -0.2) is 5.43 Å². The number of nitrogens with two attached hydrogens (primary N) is 1. The van der Waals surface area contributed by atoms with Crippen molar-refractivity contribution in [3.8, 4) is 11.5 Å². The number of phenols is 2. The van der Waals surface area contributed by atoms with Crippen LogP contribution in [0.15, 0.2) is 53.1 Å². The fourth-order valence-corrected chi connectivity index (χ4v) is 5.52. The number of hydrogen-bond acceptors (Lipinski definition) is 10. The van der Waals surface area contributed by atoms with Crippen molar-refractivity contribution < 1.29 is 34.8 Å². The molecule has 0 radical (unpaired) electrons. The van der Waals surface area contributed by atoms with Gasteiger partial charge in [-0.05, 0) is 61.4 Å². The number of hydrogen-bond donors (Lipinski definition) is 6. The first-order chi connectivity index (χ1) is 18.4. The summed E-state index contributed by atoms with van der Waals surface area (Å²) in [6, 6.07) is 5.00. The lowest BCUT2D eigenvalue weighted by Crippen LogP contribution is -2.63. The molecule has 0 fully saturated rings. The number of fused-ring (bicyclic) bond motifs is 3. The number of nitrogens with zero attached hydrogens (tertiary/aromatic N) is 2. The van der Waals surface area contributed by atoms with Crippen molar-refractivity contribution in [3.63, 3.8) is 0 Å². The molecular weight excluding hydrogens is 504 g/mol. The average molecular weight is 531 g/mol. The monoisotopic (exact) mass is 530 g/mol. The second-order valence-electron chi connectivity index (χ2n) is 9.88. The van der Waals surface area contributed by atoms with E-state index in [1.165, 1.54) is 25.4 Å². The minimum Gasteiger partial charge on any atom is -0.508 e. The molecule has 2 aliphatic carbocycles. The van der Waals surface area contributed by atoms with E-state index in [0.29, 0.717) is 22.1 Å². The van der Waals surface area contributed by atoms with Crippen LogP contribution in [-0.4, -0.2) is 60.2 Å². The molecule has 0 spiro atoms. The fourth-order valence-electron chi connectivity index (χ4n) is 5.52. The Morgan fingerprint density at radius 2 is 1.87 bits per heavy atom. The quantitative estimate of drug-likeness (QED) is 0.216. The second-order valence-corrected chi connectivity index (χ2v) is 9.88. The third-order valence-corrected chi connectivity index (χ3v) is 7.74. The minimum absolute atomic E-state index is 0.0392. The van der Waals surface area contributed by atoms with Gasteiger partial charge in [0.2, 0.25) is 5.78 Å². The summed E-state index contributed by atoms with van der Waals surface area (Å²) < 4.78 is 0. The minimum atomic E-state index is -2.67. The van der Waals surface area contributed by atoms with Gasteiger partial charge in [-0.1, -0.05) is 12.1 Å². The number of ketones is 2. The number of aryl methyl sites for hydroxylation is 2. The van der Waals surface area contributed by atoms with Crippen LogP contribution in [0.3, 0.4) is 0 Å². The average Bonchev–Trinajstić information content (AvgIpc) is 2.92. The number of aliphatic hydroxyl groups excluding tert-OH is 1. The molecular formula is C28H26N4O7. The highest BCUT2D eigenvalue weighted by Crippen LogP contribution is 2.50. The number of pyridine rings is 1. The number of aromatic nitrogens is 1. The summed E-state index contributed by atoms with van der Waals surface area (Å²) in [6.45, 7) is 4.64. The Kier molecular flexibility index (Phi) is 6.00. The predicted molar refractivity (Wildman–Crippen MR) is 141 cm³/mol. The van der Waals surface area contributed by atoms with Crippen LogP contribution in [0.1, 0.15) is 44.3 Å². The number of carbonyl (C=O) groups is 3. The summed E-state index contributed by atoms with van der Waals surface area (Å²) in [6.07, 6.45) is 2.68. The van der Waals surface area contributed by atoms with E-state index < -0.39 is 52.1 Å². The van der Waals surface area contributed by atoms with Gasteiger partial charge in [-0.2, -0.15) is 5.10 Å². The van der Waals surface area contributed by atoms with Gasteiger partial charge in [0.15, 0.2) is 11.4 Å². The molecule has 0 unspecified atom stereocenters. The zero-order valence-electron chi connectivity index (χ0n) is 21.3. The molecule has 0 saturated carbocycles. The Balaban J connectivity index is 1.65. The zero-order chi connectivity index (χ0) is 28.4. The molecule has 7 N–H and O–H groups in total. The lowest BCUT2D eigenvalue weighted by molar-refractivity contribution is -0.122. The Morgan fingerprint density at radius 3 is 2.54 bits per heavy atom. The van der Waals surface area contributed by atoms with Gasteiger partial charge in [0.25, 0.3) is 5.91 Å². The fraction of sp³-hybridized carbons (Fsp3) is 0.250. The number of aliphatic hydroxyl groups is 2. The van der Waals surface area contributed by atoms with E-state index in [4.69, 9.17) is 5.73 Å². The van der Waals surface area contributed by atoms with E-state index in [2.05, 4.69) is 15.5 Å². The van der Waals surface area contributed by atoms with Crippen LogP contribution in [0.4, 0.5) is 0 Å². The third kappa shape index (κ3) is 3.62. The first kappa shape index (κ1) is 26.0. The highest BCUT2D eigenvalue weighted by molar-refractivity contribution is 6.27. The molecule has 1 heterocycles. The lowest BCUT2D eigenvalue weighted by Gasteiger charge is -2.45. The summed E-state index contributed by atoms with van der Waals surface area (Å²) >= 11 is 0. The molecule has 2 aromatic carbocycles. The Hall–Kier alpha value is -4.61. The number of benzene rings is 2. The van der Waals surface area contributed by atoms with Crippen molar-refractivity contribution in [3.05, 3.63) is 75.8 Å². The van der Waals surface area contributed by atoms with Gasteiger partial charge < -0.3 is 26.2 Å². The summed E-state index contributed by atoms with van der Waals surface area (Å²) in [4.78, 5) is 43.4. The van der Waals surface area contributed by atoms with E-state index in [1.54, 1.807) is 32.0 Å². The molecule has 5 rings (SSSR count). The van der Waals surface area contributed by atoms with Crippen LogP contribution >= 0.6 is 0 Å². The summed E-state index contributed by atoms with van der Waals surface area (Å²) in [5, 5.41) is 49.2. The predicted octanol–water partition coefficient (Wildman–Crippen LogP) is 1.88. The lowest BCUT2D eigenvalue weighted by atomic mass is 9.61. The summed E-state index contributed by atoms with van der Waals surface area (Å²) in [7, 11) is 0. The second kappa shape index (κ2) is 9.00. The molecule has 0 bridgehead atoms. The van der Waals surface area contributed by atoms with E-state index in [1.807, 2.05) is 0 Å². The summed E-state index contributed by atoms with van der Waals surface area (Å²) in [5.41, 5.74) is 6.44. The van der Waals surface area contributed by atoms with Gasteiger partial charge in [0, 0.05) is 18.3 Å². The van der Waals surface area contributed by atoms with Crippen molar-refractivity contribution >= 4 is 34.0 Å². The third-order valence-electron chi connectivity index (χ3n) is 7.74. The molecule has 11 heteroatoms. The highest BCUT2D eigenvalue weighted by atomic mass is 16.3. The van der Waals surface area contributed by atoms with Crippen molar-refractivity contribution in [1.82, 2.24) is 10.4 Å². The topological polar surface area (TPSA) is 195 Å². The van der Waals surface area contributed by atoms with Crippen LogP contribution in [0.25, 0.3) is 10.8 Å². The maximum atomic E-state index is 13.9. The van der Waals surface area contributed by atoms with E-state index >= 15 is 0 Å². The molecule has 2 aliphatic rings. The molecule has 11 nitrogen and oxygen atoms in total. The van der Waals surface area contributed by atoms with Gasteiger partial charge in [0.05, 0.1) is 33.8 Å².